The minimum absolute atomic E-state index is 0.793. The molecule has 3 atom stereocenters. The minimum Gasteiger partial charge on any atom is -0.314 e. The van der Waals surface area contributed by atoms with Crippen molar-refractivity contribution in [2.24, 2.45) is 5.92 Å². The fraction of sp³-hybridized carbons (Fsp3) is 1.00. The van der Waals surface area contributed by atoms with Crippen LogP contribution < -0.4 is 10.6 Å². The first-order chi connectivity index (χ1) is 6.84. The van der Waals surface area contributed by atoms with Gasteiger partial charge in [-0.05, 0) is 51.1 Å². The third kappa shape index (κ3) is 2.96. The van der Waals surface area contributed by atoms with Crippen LogP contribution in [0.5, 0.6) is 0 Å². The Labute approximate surface area is 87.8 Å². The van der Waals surface area contributed by atoms with Crippen LogP contribution in [0.25, 0.3) is 0 Å². The molecule has 14 heavy (non-hydrogen) atoms. The molecule has 2 heteroatoms. The summed E-state index contributed by atoms with van der Waals surface area (Å²) in [7, 11) is 0. The molecule has 0 radical (unpaired) electrons. The summed E-state index contributed by atoms with van der Waals surface area (Å²) < 4.78 is 0. The van der Waals surface area contributed by atoms with Crippen LogP contribution in [-0.4, -0.2) is 25.2 Å². The van der Waals surface area contributed by atoms with Crippen molar-refractivity contribution in [3.63, 3.8) is 0 Å². The van der Waals surface area contributed by atoms with Crippen LogP contribution in [0.4, 0.5) is 0 Å². The summed E-state index contributed by atoms with van der Waals surface area (Å²) >= 11 is 0. The highest BCUT2D eigenvalue weighted by Crippen LogP contribution is 2.19. The van der Waals surface area contributed by atoms with Crippen molar-refractivity contribution in [1.82, 2.24) is 10.6 Å². The molecule has 2 fully saturated rings. The highest BCUT2D eigenvalue weighted by Gasteiger charge is 2.21. The molecule has 2 N–H and O–H groups in total. The van der Waals surface area contributed by atoms with Gasteiger partial charge in [0, 0.05) is 12.1 Å². The van der Waals surface area contributed by atoms with Gasteiger partial charge in [0.25, 0.3) is 0 Å². The molecule has 2 heterocycles. The highest BCUT2D eigenvalue weighted by atomic mass is 15.0. The Kier molecular flexibility index (Phi) is 3.82. The Morgan fingerprint density at radius 3 is 2.50 bits per heavy atom. The average molecular weight is 196 g/mol. The van der Waals surface area contributed by atoms with Crippen molar-refractivity contribution in [3.05, 3.63) is 0 Å². The van der Waals surface area contributed by atoms with Crippen molar-refractivity contribution >= 4 is 0 Å². The molecule has 0 spiro atoms. The zero-order valence-electron chi connectivity index (χ0n) is 9.39. The molecule has 0 bridgehead atoms. The first kappa shape index (κ1) is 10.4. The molecule has 0 aromatic rings. The summed E-state index contributed by atoms with van der Waals surface area (Å²) in [6.07, 6.45) is 8.37. The SMILES string of the molecule is CC1CCC(CC2CCCCN2)NC1. The number of nitrogens with one attached hydrogen (secondary N) is 2. The summed E-state index contributed by atoms with van der Waals surface area (Å²) in [6.45, 7) is 4.83. The van der Waals surface area contributed by atoms with Crippen LogP contribution in [0.2, 0.25) is 0 Å². The second-order valence-electron chi connectivity index (χ2n) is 5.17. The number of hydrogen-bond donors (Lipinski definition) is 2. The molecule has 3 unspecified atom stereocenters. The predicted molar refractivity (Wildman–Crippen MR) is 60.4 cm³/mol. The van der Waals surface area contributed by atoms with Gasteiger partial charge in [0.05, 0.1) is 0 Å². The molecule has 2 aliphatic rings. The van der Waals surface area contributed by atoms with E-state index in [1.807, 2.05) is 0 Å². The molecule has 82 valence electrons. The number of hydrogen-bond acceptors (Lipinski definition) is 2. The van der Waals surface area contributed by atoms with Crippen molar-refractivity contribution in [3.8, 4) is 0 Å². The molecule has 0 saturated carbocycles. The van der Waals surface area contributed by atoms with E-state index in [9.17, 15) is 0 Å². The van der Waals surface area contributed by atoms with E-state index >= 15 is 0 Å². The van der Waals surface area contributed by atoms with E-state index in [1.165, 1.54) is 51.6 Å². The van der Waals surface area contributed by atoms with Crippen LogP contribution >= 0.6 is 0 Å². The standard InChI is InChI=1S/C12H24N2/c1-10-5-6-12(14-9-10)8-11-4-2-3-7-13-11/h10-14H,2-9H2,1H3. The van der Waals surface area contributed by atoms with Gasteiger partial charge in [-0.2, -0.15) is 0 Å². The molecule has 2 nitrogen and oxygen atoms in total. The number of rotatable bonds is 2. The molecule has 2 saturated heterocycles. The molecular weight excluding hydrogens is 172 g/mol. The fourth-order valence-corrected chi connectivity index (χ4v) is 2.73. The van der Waals surface area contributed by atoms with Crippen LogP contribution in [0.1, 0.15) is 45.4 Å². The van der Waals surface area contributed by atoms with Crippen molar-refractivity contribution in [2.45, 2.75) is 57.5 Å². The van der Waals surface area contributed by atoms with Gasteiger partial charge in [0.2, 0.25) is 0 Å². The van der Waals surface area contributed by atoms with Crippen molar-refractivity contribution in [1.29, 1.82) is 0 Å². The second-order valence-corrected chi connectivity index (χ2v) is 5.17. The summed E-state index contributed by atoms with van der Waals surface area (Å²) in [5.41, 5.74) is 0. The maximum Gasteiger partial charge on any atom is 0.00820 e. The van der Waals surface area contributed by atoms with E-state index in [0.29, 0.717) is 0 Å². The fourth-order valence-electron chi connectivity index (χ4n) is 2.73. The number of piperidine rings is 2. The summed E-state index contributed by atoms with van der Waals surface area (Å²) in [5, 5.41) is 7.31. The largest absolute Gasteiger partial charge is 0.314 e. The third-order valence-corrected chi connectivity index (χ3v) is 3.74. The lowest BCUT2D eigenvalue weighted by molar-refractivity contribution is 0.272. The highest BCUT2D eigenvalue weighted by molar-refractivity contribution is 4.82. The van der Waals surface area contributed by atoms with E-state index < -0.39 is 0 Å². The van der Waals surface area contributed by atoms with Crippen LogP contribution in [0.3, 0.4) is 0 Å². The maximum absolute atomic E-state index is 3.68. The van der Waals surface area contributed by atoms with Crippen molar-refractivity contribution < 1.29 is 0 Å². The van der Waals surface area contributed by atoms with Gasteiger partial charge >= 0.3 is 0 Å². The molecule has 0 aliphatic carbocycles. The minimum atomic E-state index is 0.793. The Balaban J connectivity index is 1.68. The summed E-state index contributed by atoms with van der Waals surface area (Å²) in [4.78, 5) is 0. The summed E-state index contributed by atoms with van der Waals surface area (Å²) in [5.74, 6) is 0.894. The van der Waals surface area contributed by atoms with Crippen LogP contribution in [-0.2, 0) is 0 Å². The monoisotopic (exact) mass is 196 g/mol. The zero-order chi connectivity index (χ0) is 9.80. The molecular formula is C12H24N2. The molecule has 0 aromatic heterocycles. The van der Waals surface area contributed by atoms with Gasteiger partial charge in [-0.3, -0.25) is 0 Å². The Bertz CT molecular complexity index is 156. The van der Waals surface area contributed by atoms with E-state index in [4.69, 9.17) is 0 Å². The van der Waals surface area contributed by atoms with Crippen molar-refractivity contribution in [2.75, 3.05) is 13.1 Å². The van der Waals surface area contributed by atoms with E-state index in [1.54, 1.807) is 0 Å². The van der Waals surface area contributed by atoms with Gasteiger partial charge in [0.1, 0.15) is 0 Å². The van der Waals surface area contributed by atoms with Crippen LogP contribution in [0.15, 0.2) is 0 Å². The lowest BCUT2D eigenvalue weighted by Crippen LogP contribution is -2.44. The molecule has 2 rings (SSSR count). The normalized spacial score (nSPS) is 39.6. The Hall–Kier alpha value is -0.0800. The van der Waals surface area contributed by atoms with Gasteiger partial charge in [-0.1, -0.05) is 13.3 Å². The first-order valence-electron chi connectivity index (χ1n) is 6.31. The quantitative estimate of drug-likeness (QED) is 0.705. The van der Waals surface area contributed by atoms with E-state index in [2.05, 4.69) is 17.6 Å². The van der Waals surface area contributed by atoms with Gasteiger partial charge in [-0.25, -0.2) is 0 Å². The lowest BCUT2D eigenvalue weighted by atomic mass is 9.90. The zero-order valence-corrected chi connectivity index (χ0v) is 9.39. The van der Waals surface area contributed by atoms with E-state index in [-0.39, 0.29) is 0 Å². The smallest absolute Gasteiger partial charge is 0.00820 e. The average Bonchev–Trinajstić information content (AvgIpc) is 2.23. The maximum atomic E-state index is 3.68. The molecule has 2 aliphatic heterocycles. The second kappa shape index (κ2) is 5.13. The van der Waals surface area contributed by atoms with Gasteiger partial charge < -0.3 is 10.6 Å². The Morgan fingerprint density at radius 2 is 1.86 bits per heavy atom. The predicted octanol–water partition coefficient (Wildman–Crippen LogP) is 1.91. The lowest BCUT2D eigenvalue weighted by Gasteiger charge is -2.32. The topological polar surface area (TPSA) is 24.1 Å². The first-order valence-corrected chi connectivity index (χ1v) is 6.31. The van der Waals surface area contributed by atoms with Gasteiger partial charge in [0.15, 0.2) is 0 Å². The van der Waals surface area contributed by atoms with Gasteiger partial charge in [-0.15, -0.1) is 0 Å². The molecule has 0 amide bonds. The van der Waals surface area contributed by atoms with E-state index in [0.717, 1.165) is 18.0 Å². The molecule has 0 aromatic carbocycles. The summed E-state index contributed by atoms with van der Waals surface area (Å²) in [6, 6.07) is 1.59. The third-order valence-electron chi connectivity index (χ3n) is 3.74. The van der Waals surface area contributed by atoms with Crippen LogP contribution in [0, 0.1) is 5.92 Å². The Morgan fingerprint density at radius 1 is 1.00 bits per heavy atom.